The van der Waals surface area contributed by atoms with Gasteiger partial charge in [0.05, 0.1) is 16.3 Å². The van der Waals surface area contributed by atoms with Crippen LogP contribution in [0.25, 0.3) is 10.6 Å². The van der Waals surface area contributed by atoms with Crippen LogP contribution in [-0.2, 0) is 16.6 Å². The van der Waals surface area contributed by atoms with Gasteiger partial charge < -0.3 is 0 Å². The Morgan fingerprint density at radius 2 is 2.12 bits per heavy atom. The molecular weight excluding hydrogens is 366 g/mol. The van der Waals surface area contributed by atoms with E-state index in [9.17, 15) is 8.42 Å². The van der Waals surface area contributed by atoms with Crippen molar-refractivity contribution >= 4 is 33.0 Å². The van der Waals surface area contributed by atoms with Gasteiger partial charge in [-0.05, 0) is 42.1 Å². The molecule has 2 heterocycles. The third kappa shape index (κ3) is 3.87. The predicted octanol–water partition coefficient (Wildman–Crippen LogP) is 3.55. The SMILES string of the molecule is Cc1ccc(Cl)cc1S(=O)(=O)NCCn1ccc(-c2cccs2)n1. The first-order valence-corrected chi connectivity index (χ1v) is 10.0. The summed E-state index contributed by atoms with van der Waals surface area (Å²) in [6.45, 7) is 2.44. The molecule has 0 aliphatic carbocycles. The molecule has 0 spiro atoms. The van der Waals surface area contributed by atoms with Gasteiger partial charge in [-0.3, -0.25) is 4.68 Å². The fourth-order valence-corrected chi connectivity index (χ4v) is 4.49. The summed E-state index contributed by atoms with van der Waals surface area (Å²) >= 11 is 7.52. The molecule has 0 atom stereocenters. The summed E-state index contributed by atoms with van der Waals surface area (Å²) in [5.74, 6) is 0. The first kappa shape index (κ1) is 17.2. The molecule has 3 rings (SSSR count). The third-order valence-electron chi connectivity index (χ3n) is 3.49. The van der Waals surface area contributed by atoms with E-state index in [0.717, 1.165) is 10.6 Å². The summed E-state index contributed by atoms with van der Waals surface area (Å²) in [6.07, 6.45) is 1.84. The number of hydrogen-bond donors (Lipinski definition) is 1. The smallest absolute Gasteiger partial charge is 0.240 e. The number of nitrogens with one attached hydrogen (secondary N) is 1. The van der Waals surface area contributed by atoms with E-state index in [4.69, 9.17) is 11.6 Å². The molecule has 0 amide bonds. The number of sulfonamides is 1. The summed E-state index contributed by atoms with van der Waals surface area (Å²) in [7, 11) is -3.59. The van der Waals surface area contributed by atoms with Crippen LogP contribution >= 0.6 is 22.9 Å². The van der Waals surface area contributed by atoms with Gasteiger partial charge in [-0.2, -0.15) is 5.10 Å². The summed E-state index contributed by atoms with van der Waals surface area (Å²) in [5, 5.41) is 6.84. The molecule has 8 heteroatoms. The highest BCUT2D eigenvalue weighted by molar-refractivity contribution is 7.89. The van der Waals surface area contributed by atoms with Gasteiger partial charge in [0.15, 0.2) is 0 Å². The highest BCUT2D eigenvalue weighted by atomic mass is 35.5. The lowest BCUT2D eigenvalue weighted by Crippen LogP contribution is -2.28. The fraction of sp³-hybridized carbons (Fsp3) is 0.188. The Kier molecular flexibility index (Phi) is 5.05. The zero-order valence-electron chi connectivity index (χ0n) is 12.9. The van der Waals surface area contributed by atoms with Crippen molar-refractivity contribution in [1.29, 1.82) is 0 Å². The molecule has 0 saturated carbocycles. The van der Waals surface area contributed by atoms with Crippen molar-refractivity contribution in [3.05, 3.63) is 58.6 Å². The van der Waals surface area contributed by atoms with E-state index in [1.54, 1.807) is 35.1 Å². The molecule has 2 aromatic heterocycles. The quantitative estimate of drug-likeness (QED) is 0.710. The standard InChI is InChI=1S/C16H16ClN3O2S2/c1-12-4-5-13(17)11-16(12)24(21,22)18-7-9-20-8-6-14(19-20)15-3-2-10-23-15/h2-6,8,10-11,18H,7,9H2,1H3. The van der Waals surface area contributed by atoms with Crippen LogP contribution in [0, 0.1) is 6.92 Å². The average molecular weight is 382 g/mol. The zero-order chi connectivity index (χ0) is 17.2. The van der Waals surface area contributed by atoms with Crippen LogP contribution in [0.5, 0.6) is 0 Å². The molecule has 24 heavy (non-hydrogen) atoms. The molecule has 0 fully saturated rings. The molecule has 0 saturated heterocycles. The number of nitrogens with zero attached hydrogens (tertiary/aromatic N) is 2. The third-order valence-corrected chi connectivity index (χ3v) is 6.22. The summed E-state index contributed by atoms with van der Waals surface area (Å²) in [6, 6.07) is 10.7. The van der Waals surface area contributed by atoms with Crippen molar-refractivity contribution in [2.75, 3.05) is 6.54 Å². The normalized spacial score (nSPS) is 11.8. The van der Waals surface area contributed by atoms with E-state index in [2.05, 4.69) is 9.82 Å². The van der Waals surface area contributed by atoms with E-state index in [1.807, 2.05) is 29.8 Å². The molecule has 0 aliphatic heterocycles. The number of thiophene rings is 1. The maximum absolute atomic E-state index is 12.4. The van der Waals surface area contributed by atoms with Crippen LogP contribution in [0.1, 0.15) is 5.56 Å². The number of hydrogen-bond acceptors (Lipinski definition) is 4. The van der Waals surface area contributed by atoms with Crippen molar-refractivity contribution in [2.24, 2.45) is 0 Å². The van der Waals surface area contributed by atoms with Gasteiger partial charge in [-0.25, -0.2) is 13.1 Å². The highest BCUT2D eigenvalue weighted by Crippen LogP contribution is 2.22. The van der Waals surface area contributed by atoms with Crippen LogP contribution in [0.4, 0.5) is 0 Å². The summed E-state index contributed by atoms with van der Waals surface area (Å²) in [4.78, 5) is 1.29. The number of benzene rings is 1. The summed E-state index contributed by atoms with van der Waals surface area (Å²) in [5.41, 5.74) is 1.55. The molecule has 126 valence electrons. The Bertz CT molecular complexity index is 934. The minimum atomic E-state index is -3.59. The monoisotopic (exact) mass is 381 g/mol. The predicted molar refractivity (Wildman–Crippen MR) is 96.9 cm³/mol. The molecule has 1 N–H and O–H groups in total. The van der Waals surface area contributed by atoms with Gasteiger partial charge in [-0.1, -0.05) is 23.7 Å². The van der Waals surface area contributed by atoms with E-state index in [1.165, 1.54) is 6.07 Å². The Labute approximate surface area is 150 Å². The van der Waals surface area contributed by atoms with Crippen molar-refractivity contribution < 1.29 is 8.42 Å². The maximum Gasteiger partial charge on any atom is 0.240 e. The second-order valence-electron chi connectivity index (χ2n) is 5.25. The molecule has 3 aromatic rings. The van der Waals surface area contributed by atoms with E-state index in [-0.39, 0.29) is 11.4 Å². The van der Waals surface area contributed by atoms with Gasteiger partial charge in [0.25, 0.3) is 0 Å². The first-order chi connectivity index (χ1) is 11.5. The minimum absolute atomic E-state index is 0.203. The Morgan fingerprint density at radius 1 is 1.29 bits per heavy atom. The second-order valence-corrected chi connectivity index (χ2v) is 8.37. The number of rotatable bonds is 6. The van der Waals surface area contributed by atoms with Crippen LogP contribution in [0.15, 0.2) is 52.9 Å². The molecule has 0 aliphatic rings. The van der Waals surface area contributed by atoms with Crippen molar-refractivity contribution in [3.63, 3.8) is 0 Å². The van der Waals surface area contributed by atoms with E-state index in [0.29, 0.717) is 17.1 Å². The van der Waals surface area contributed by atoms with Crippen molar-refractivity contribution in [2.45, 2.75) is 18.4 Å². The lowest BCUT2D eigenvalue weighted by atomic mass is 10.2. The van der Waals surface area contributed by atoms with Crippen molar-refractivity contribution in [3.8, 4) is 10.6 Å². The summed E-state index contributed by atoms with van der Waals surface area (Å²) < 4.78 is 29.1. The Balaban J connectivity index is 1.64. The fourth-order valence-electron chi connectivity index (χ4n) is 2.28. The molecule has 5 nitrogen and oxygen atoms in total. The molecule has 0 radical (unpaired) electrons. The molecule has 1 aromatic carbocycles. The van der Waals surface area contributed by atoms with Gasteiger partial charge in [0.1, 0.15) is 5.69 Å². The van der Waals surface area contributed by atoms with E-state index < -0.39 is 10.0 Å². The van der Waals surface area contributed by atoms with Crippen molar-refractivity contribution in [1.82, 2.24) is 14.5 Å². The molecule has 0 unspecified atom stereocenters. The lowest BCUT2D eigenvalue weighted by molar-refractivity contribution is 0.561. The Morgan fingerprint density at radius 3 is 2.88 bits per heavy atom. The highest BCUT2D eigenvalue weighted by Gasteiger charge is 2.16. The lowest BCUT2D eigenvalue weighted by Gasteiger charge is -2.09. The van der Waals surface area contributed by atoms with Crippen LogP contribution in [0.2, 0.25) is 5.02 Å². The Hall–Kier alpha value is -1.67. The molecule has 0 bridgehead atoms. The van der Waals surface area contributed by atoms with E-state index >= 15 is 0 Å². The number of aromatic nitrogens is 2. The van der Waals surface area contributed by atoms with Gasteiger partial charge >= 0.3 is 0 Å². The maximum atomic E-state index is 12.4. The second kappa shape index (κ2) is 7.06. The largest absolute Gasteiger partial charge is 0.271 e. The topological polar surface area (TPSA) is 64.0 Å². The van der Waals surface area contributed by atoms with Crippen LogP contribution < -0.4 is 4.72 Å². The number of aryl methyl sites for hydroxylation is 1. The van der Waals surface area contributed by atoms with Crippen LogP contribution in [0.3, 0.4) is 0 Å². The number of halogens is 1. The molecular formula is C16H16ClN3O2S2. The van der Waals surface area contributed by atoms with Gasteiger partial charge in [-0.15, -0.1) is 11.3 Å². The average Bonchev–Trinajstić information content (AvgIpc) is 3.20. The zero-order valence-corrected chi connectivity index (χ0v) is 15.3. The van der Waals surface area contributed by atoms with Crippen LogP contribution in [-0.4, -0.2) is 24.7 Å². The van der Waals surface area contributed by atoms with Gasteiger partial charge in [0, 0.05) is 17.8 Å². The first-order valence-electron chi connectivity index (χ1n) is 7.29. The minimum Gasteiger partial charge on any atom is -0.271 e. The van der Waals surface area contributed by atoms with Gasteiger partial charge in [0.2, 0.25) is 10.0 Å².